The first-order valence-electron chi connectivity index (χ1n) is 8.29. The maximum absolute atomic E-state index is 12.7. The molecule has 3 heterocycles. The van der Waals surface area contributed by atoms with E-state index in [0.29, 0.717) is 24.0 Å². The molecule has 1 fully saturated rings. The molecule has 1 unspecified atom stereocenters. The van der Waals surface area contributed by atoms with E-state index in [4.69, 9.17) is 4.74 Å². The van der Waals surface area contributed by atoms with Gasteiger partial charge >= 0.3 is 0 Å². The fourth-order valence-electron chi connectivity index (χ4n) is 3.12. The molecule has 2 aromatic rings. The molecule has 1 aliphatic heterocycles. The second-order valence-corrected chi connectivity index (χ2v) is 6.37. The minimum Gasteiger partial charge on any atom is -0.481 e. The number of methoxy groups -OCH3 is 1. The number of pyridine rings is 1. The highest BCUT2D eigenvalue weighted by atomic mass is 16.5. The van der Waals surface area contributed by atoms with E-state index >= 15 is 0 Å². The molecule has 7 heteroatoms. The third-order valence-electron chi connectivity index (χ3n) is 4.42. The van der Waals surface area contributed by atoms with E-state index in [1.165, 1.54) is 0 Å². The van der Waals surface area contributed by atoms with Crippen molar-refractivity contribution in [1.82, 2.24) is 24.6 Å². The van der Waals surface area contributed by atoms with Gasteiger partial charge in [0.25, 0.3) is 5.91 Å². The summed E-state index contributed by atoms with van der Waals surface area (Å²) in [5, 5.41) is 8.35. The van der Waals surface area contributed by atoms with Crippen molar-refractivity contribution >= 4 is 5.91 Å². The number of hydrogen-bond acceptors (Lipinski definition) is 5. The van der Waals surface area contributed by atoms with E-state index in [-0.39, 0.29) is 11.8 Å². The van der Waals surface area contributed by atoms with Crippen LogP contribution in [0.2, 0.25) is 0 Å². The van der Waals surface area contributed by atoms with Gasteiger partial charge in [0.05, 0.1) is 12.7 Å². The quantitative estimate of drug-likeness (QED) is 0.860. The highest BCUT2D eigenvalue weighted by molar-refractivity contribution is 5.94. The molecule has 1 amide bonds. The number of amides is 1. The fraction of sp³-hybridized carbons (Fsp3) is 0.529. The lowest BCUT2D eigenvalue weighted by Gasteiger charge is -2.32. The fourth-order valence-corrected chi connectivity index (χ4v) is 3.12. The van der Waals surface area contributed by atoms with Gasteiger partial charge in [0.15, 0.2) is 0 Å². The minimum atomic E-state index is 0.00506. The summed E-state index contributed by atoms with van der Waals surface area (Å²) in [6.07, 6.45) is 5.33. The van der Waals surface area contributed by atoms with E-state index in [1.807, 2.05) is 4.90 Å². The number of rotatable bonds is 4. The zero-order valence-corrected chi connectivity index (χ0v) is 14.3. The van der Waals surface area contributed by atoms with Gasteiger partial charge < -0.3 is 14.2 Å². The Labute approximate surface area is 141 Å². The van der Waals surface area contributed by atoms with Crippen molar-refractivity contribution in [2.75, 3.05) is 20.2 Å². The Kier molecular flexibility index (Phi) is 4.78. The summed E-state index contributed by atoms with van der Waals surface area (Å²) < 4.78 is 7.13. The second-order valence-electron chi connectivity index (χ2n) is 6.37. The van der Waals surface area contributed by atoms with Crippen molar-refractivity contribution in [3.8, 4) is 5.88 Å². The normalized spacial score (nSPS) is 18.0. The lowest BCUT2D eigenvalue weighted by Crippen LogP contribution is -2.39. The topological polar surface area (TPSA) is 73.1 Å². The summed E-state index contributed by atoms with van der Waals surface area (Å²) in [5.74, 6) is 1.70. The minimum absolute atomic E-state index is 0.00506. The molecule has 24 heavy (non-hydrogen) atoms. The van der Waals surface area contributed by atoms with Crippen molar-refractivity contribution in [2.24, 2.45) is 0 Å². The van der Waals surface area contributed by atoms with E-state index < -0.39 is 0 Å². The molecular formula is C17H23N5O2. The van der Waals surface area contributed by atoms with Gasteiger partial charge in [0.1, 0.15) is 12.2 Å². The lowest BCUT2D eigenvalue weighted by atomic mass is 9.96. The van der Waals surface area contributed by atoms with Gasteiger partial charge in [0, 0.05) is 37.3 Å². The van der Waals surface area contributed by atoms with Crippen LogP contribution in [0.25, 0.3) is 0 Å². The van der Waals surface area contributed by atoms with Gasteiger partial charge in [-0.2, -0.15) is 0 Å². The van der Waals surface area contributed by atoms with Gasteiger partial charge in [-0.25, -0.2) is 4.98 Å². The SMILES string of the molecule is COc1ccc(C(=O)N2CCCC(c3nncn3C(C)C)C2)cn1. The summed E-state index contributed by atoms with van der Waals surface area (Å²) in [6.45, 7) is 5.65. The third kappa shape index (κ3) is 3.25. The van der Waals surface area contributed by atoms with Gasteiger partial charge in [-0.3, -0.25) is 4.79 Å². The van der Waals surface area contributed by atoms with Crippen LogP contribution in [0, 0.1) is 0 Å². The van der Waals surface area contributed by atoms with Crippen molar-refractivity contribution in [3.05, 3.63) is 36.0 Å². The average Bonchev–Trinajstić information content (AvgIpc) is 3.11. The van der Waals surface area contributed by atoms with Gasteiger partial charge in [-0.1, -0.05) is 0 Å². The number of nitrogens with zero attached hydrogens (tertiary/aromatic N) is 5. The van der Waals surface area contributed by atoms with Crippen molar-refractivity contribution in [2.45, 2.75) is 38.6 Å². The van der Waals surface area contributed by atoms with Crippen molar-refractivity contribution < 1.29 is 9.53 Å². The molecule has 0 radical (unpaired) electrons. The van der Waals surface area contributed by atoms with E-state index in [9.17, 15) is 4.79 Å². The maximum atomic E-state index is 12.7. The predicted octanol–water partition coefficient (Wildman–Crippen LogP) is 2.28. The van der Waals surface area contributed by atoms with Crippen LogP contribution in [-0.4, -0.2) is 50.8 Å². The zero-order valence-electron chi connectivity index (χ0n) is 14.3. The lowest BCUT2D eigenvalue weighted by molar-refractivity contribution is 0.0702. The first kappa shape index (κ1) is 16.4. The van der Waals surface area contributed by atoms with E-state index in [0.717, 1.165) is 25.2 Å². The highest BCUT2D eigenvalue weighted by Crippen LogP contribution is 2.27. The molecular weight excluding hydrogens is 306 g/mol. The van der Waals surface area contributed by atoms with Gasteiger partial charge in [-0.05, 0) is 32.8 Å². The molecule has 1 saturated heterocycles. The molecule has 0 N–H and O–H groups in total. The number of ether oxygens (including phenoxy) is 1. The van der Waals surface area contributed by atoms with Gasteiger partial charge in [0.2, 0.25) is 5.88 Å². The highest BCUT2D eigenvalue weighted by Gasteiger charge is 2.29. The molecule has 1 aliphatic rings. The third-order valence-corrected chi connectivity index (χ3v) is 4.42. The molecule has 0 saturated carbocycles. The van der Waals surface area contributed by atoms with Crippen LogP contribution >= 0.6 is 0 Å². The Morgan fingerprint density at radius 2 is 2.21 bits per heavy atom. The standard InChI is InChI=1S/C17H23N5O2/c1-12(2)22-11-19-20-16(22)14-5-4-8-21(10-14)17(23)13-6-7-15(24-3)18-9-13/h6-7,9,11-12,14H,4-5,8,10H2,1-3H3. The molecule has 3 rings (SSSR count). The number of carbonyl (C=O) groups excluding carboxylic acids is 1. The van der Waals surface area contributed by atoms with Crippen LogP contribution in [0.4, 0.5) is 0 Å². The second kappa shape index (κ2) is 6.98. The van der Waals surface area contributed by atoms with E-state index in [1.54, 1.807) is 31.8 Å². The Morgan fingerprint density at radius 1 is 1.38 bits per heavy atom. The molecule has 0 aromatic carbocycles. The predicted molar refractivity (Wildman–Crippen MR) is 89.1 cm³/mol. The Balaban J connectivity index is 1.75. The summed E-state index contributed by atoms with van der Waals surface area (Å²) in [4.78, 5) is 18.7. The van der Waals surface area contributed by atoms with Crippen LogP contribution in [0.1, 0.15) is 54.8 Å². The zero-order chi connectivity index (χ0) is 17.1. The summed E-state index contributed by atoms with van der Waals surface area (Å²) >= 11 is 0. The summed E-state index contributed by atoms with van der Waals surface area (Å²) in [7, 11) is 1.56. The van der Waals surface area contributed by atoms with Crippen LogP contribution in [-0.2, 0) is 0 Å². The molecule has 128 valence electrons. The smallest absolute Gasteiger partial charge is 0.255 e. The van der Waals surface area contributed by atoms with Crippen LogP contribution < -0.4 is 4.74 Å². The number of piperidine rings is 1. The first-order chi connectivity index (χ1) is 11.6. The van der Waals surface area contributed by atoms with Crippen LogP contribution in [0.5, 0.6) is 5.88 Å². The van der Waals surface area contributed by atoms with Crippen LogP contribution in [0.3, 0.4) is 0 Å². The summed E-state index contributed by atoms with van der Waals surface area (Å²) in [5.41, 5.74) is 0.585. The monoisotopic (exact) mass is 329 g/mol. The maximum Gasteiger partial charge on any atom is 0.255 e. The molecule has 0 spiro atoms. The largest absolute Gasteiger partial charge is 0.481 e. The van der Waals surface area contributed by atoms with Crippen LogP contribution in [0.15, 0.2) is 24.7 Å². The molecule has 1 atom stereocenters. The number of aromatic nitrogens is 4. The number of likely N-dealkylation sites (tertiary alicyclic amines) is 1. The number of hydrogen-bond donors (Lipinski definition) is 0. The average molecular weight is 329 g/mol. The van der Waals surface area contributed by atoms with Gasteiger partial charge in [-0.15, -0.1) is 10.2 Å². The summed E-state index contributed by atoms with van der Waals surface area (Å²) in [6, 6.07) is 3.78. The Hall–Kier alpha value is -2.44. The Morgan fingerprint density at radius 3 is 2.88 bits per heavy atom. The first-order valence-corrected chi connectivity index (χ1v) is 8.29. The van der Waals surface area contributed by atoms with Crippen molar-refractivity contribution in [1.29, 1.82) is 0 Å². The van der Waals surface area contributed by atoms with Crippen molar-refractivity contribution in [3.63, 3.8) is 0 Å². The molecule has 0 bridgehead atoms. The molecule has 7 nitrogen and oxygen atoms in total. The van der Waals surface area contributed by atoms with E-state index in [2.05, 4.69) is 33.6 Å². The molecule has 0 aliphatic carbocycles. The molecule has 2 aromatic heterocycles. The number of carbonyl (C=O) groups is 1. The Bertz CT molecular complexity index is 695.